The molecule has 0 unspecified atom stereocenters. The second-order valence-electron chi connectivity index (χ2n) is 3.73. The average molecular weight is 245 g/mol. The van der Waals surface area contributed by atoms with E-state index in [4.69, 9.17) is 9.47 Å². The van der Waals surface area contributed by atoms with Gasteiger partial charge in [-0.15, -0.1) is 0 Å². The van der Waals surface area contributed by atoms with Gasteiger partial charge in [0.15, 0.2) is 17.3 Å². The summed E-state index contributed by atoms with van der Waals surface area (Å²) in [6.45, 7) is 0.130. The van der Waals surface area contributed by atoms with Gasteiger partial charge in [-0.05, 0) is 30.3 Å². The summed E-state index contributed by atoms with van der Waals surface area (Å²) in [6.07, 6.45) is 1.38. The molecule has 1 aliphatic rings. The predicted molar refractivity (Wildman–Crippen MR) is 60.2 cm³/mol. The van der Waals surface area contributed by atoms with E-state index in [1.165, 1.54) is 24.4 Å². The number of rotatable bonds is 2. The Bertz CT molecular complexity index is 627. The summed E-state index contributed by atoms with van der Waals surface area (Å²) in [4.78, 5) is 15.8. The van der Waals surface area contributed by atoms with E-state index < -0.39 is 11.6 Å². The predicted octanol–water partition coefficient (Wildman–Crippen LogP) is 2.18. The molecule has 0 radical (unpaired) electrons. The lowest BCUT2D eigenvalue weighted by Crippen LogP contribution is -2.06. The fourth-order valence-corrected chi connectivity index (χ4v) is 1.73. The number of halogens is 1. The molecule has 0 saturated carbocycles. The molecule has 1 aromatic carbocycles. The molecule has 3 rings (SSSR count). The standard InChI is InChI=1S/C13H8FNO3/c14-9-2-1-5-15-12(9)13(16)8-3-4-10-11(6-8)18-7-17-10/h1-6H,7H2. The van der Waals surface area contributed by atoms with Gasteiger partial charge in [0.1, 0.15) is 5.69 Å². The number of ether oxygens (including phenoxy) is 2. The van der Waals surface area contributed by atoms with Crippen molar-refractivity contribution in [2.75, 3.05) is 6.79 Å². The third-order valence-electron chi connectivity index (χ3n) is 2.61. The van der Waals surface area contributed by atoms with Crippen LogP contribution in [-0.4, -0.2) is 17.6 Å². The minimum absolute atomic E-state index is 0.130. The zero-order valence-electron chi connectivity index (χ0n) is 9.22. The van der Waals surface area contributed by atoms with E-state index in [0.29, 0.717) is 17.1 Å². The van der Waals surface area contributed by atoms with Crippen LogP contribution in [0, 0.1) is 5.82 Å². The number of carbonyl (C=O) groups excluding carboxylic acids is 1. The highest BCUT2D eigenvalue weighted by Gasteiger charge is 2.19. The molecule has 5 heteroatoms. The van der Waals surface area contributed by atoms with Crippen LogP contribution in [0.25, 0.3) is 0 Å². The Labute approximate surface area is 102 Å². The van der Waals surface area contributed by atoms with Crippen molar-refractivity contribution in [3.63, 3.8) is 0 Å². The minimum atomic E-state index is -0.639. The monoisotopic (exact) mass is 245 g/mol. The van der Waals surface area contributed by atoms with Crippen LogP contribution < -0.4 is 9.47 Å². The molecule has 0 bridgehead atoms. The molecule has 4 nitrogen and oxygen atoms in total. The fraction of sp³-hybridized carbons (Fsp3) is 0.0769. The molecule has 0 N–H and O–H groups in total. The topological polar surface area (TPSA) is 48.4 Å². The van der Waals surface area contributed by atoms with E-state index in [2.05, 4.69) is 4.98 Å². The molecule has 90 valence electrons. The van der Waals surface area contributed by atoms with Gasteiger partial charge in [0, 0.05) is 11.8 Å². The van der Waals surface area contributed by atoms with Crippen molar-refractivity contribution in [3.8, 4) is 11.5 Å². The van der Waals surface area contributed by atoms with Crippen LogP contribution in [0.1, 0.15) is 16.1 Å². The number of benzene rings is 1. The summed E-state index contributed by atoms with van der Waals surface area (Å²) in [5.74, 6) is -0.0585. The highest BCUT2D eigenvalue weighted by molar-refractivity contribution is 6.08. The first-order chi connectivity index (χ1) is 8.75. The summed E-state index contributed by atoms with van der Waals surface area (Å²) in [5.41, 5.74) is 0.119. The first-order valence-corrected chi connectivity index (χ1v) is 5.30. The van der Waals surface area contributed by atoms with Crippen LogP contribution >= 0.6 is 0 Å². The van der Waals surface area contributed by atoms with Gasteiger partial charge < -0.3 is 9.47 Å². The number of ketones is 1. The van der Waals surface area contributed by atoms with Gasteiger partial charge in [-0.25, -0.2) is 9.37 Å². The highest BCUT2D eigenvalue weighted by Crippen LogP contribution is 2.33. The summed E-state index contributed by atoms with van der Waals surface area (Å²) in [7, 11) is 0. The Morgan fingerprint density at radius 2 is 2.06 bits per heavy atom. The number of nitrogens with zero attached hydrogens (tertiary/aromatic N) is 1. The molecule has 1 aliphatic heterocycles. The van der Waals surface area contributed by atoms with Gasteiger partial charge in [0.05, 0.1) is 0 Å². The molecule has 0 amide bonds. The van der Waals surface area contributed by atoms with Crippen molar-refractivity contribution < 1.29 is 18.7 Å². The lowest BCUT2D eigenvalue weighted by molar-refractivity contribution is 0.102. The zero-order chi connectivity index (χ0) is 12.5. The maximum atomic E-state index is 13.5. The number of pyridine rings is 1. The number of carbonyl (C=O) groups is 1. The van der Waals surface area contributed by atoms with Crippen LogP contribution in [0.5, 0.6) is 11.5 Å². The number of hydrogen-bond donors (Lipinski definition) is 0. The van der Waals surface area contributed by atoms with Crippen LogP contribution in [0.15, 0.2) is 36.5 Å². The van der Waals surface area contributed by atoms with Crippen molar-refractivity contribution in [2.24, 2.45) is 0 Å². The molecule has 0 aliphatic carbocycles. The van der Waals surface area contributed by atoms with Gasteiger partial charge in [0.2, 0.25) is 12.6 Å². The molecule has 0 atom stereocenters. The number of aromatic nitrogens is 1. The third-order valence-corrected chi connectivity index (χ3v) is 2.61. The number of hydrogen-bond acceptors (Lipinski definition) is 4. The highest BCUT2D eigenvalue weighted by atomic mass is 19.1. The molecule has 0 fully saturated rings. The molecule has 1 aromatic heterocycles. The van der Waals surface area contributed by atoms with Gasteiger partial charge in [0.25, 0.3) is 0 Å². The number of fused-ring (bicyclic) bond motifs is 1. The SMILES string of the molecule is O=C(c1ccc2c(c1)OCO2)c1ncccc1F. The van der Waals surface area contributed by atoms with Gasteiger partial charge in [-0.3, -0.25) is 4.79 Å². The first-order valence-electron chi connectivity index (χ1n) is 5.30. The Morgan fingerprint density at radius 3 is 2.89 bits per heavy atom. The van der Waals surface area contributed by atoms with Crippen LogP contribution in [0.2, 0.25) is 0 Å². The van der Waals surface area contributed by atoms with E-state index in [-0.39, 0.29) is 12.5 Å². The molecule has 0 saturated heterocycles. The minimum Gasteiger partial charge on any atom is -0.454 e. The maximum absolute atomic E-state index is 13.5. The fourth-order valence-electron chi connectivity index (χ4n) is 1.73. The molecule has 18 heavy (non-hydrogen) atoms. The van der Waals surface area contributed by atoms with Crippen molar-refractivity contribution in [1.29, 1.82) is 0 Å². The van der Waals surface area contributed by atoms with E-state index in [0.717, 1.165) is 0 Å². The van der Waals surface area contributed by atoms with E-state index >= 15 is 0 Å². The van der Waals surface area contributed by atoms with Gasteiger partial charge in [-0.1, -0.05) is 0 Å². The smallest absolute Gasteiger partial charge is 0.231 e. The summed E-state index contributed by atoms with van der Waals surface area (Å²) >= 11 is 0. The molecule has 2 heterocycles. The normalized spacial score (nSPS) is 12.5. The first kappa shape index (κ1) is 10.7. The zero-order valence-corrected chi connectivity index (χ0v) is 9.22. The third kappa shape index (κ3) is 1.69. The summed E-state index contributed by atoms with van der Waals surface area (Å²) in [5, 5.41) is 0. The molecular formula is C13H8FNO3. The Balaban J connectivity index is 2.01. The Morgan fingerprint density at radius 1 is 1.22 bits per heavy atom. The Hall–Kier alpha value is -2.43. The van der Waals surface area contributed by atoms with Crippen molar-refractivity contribution >= 4 is 5.78 Å². The maximum Gasteiger partial charge on any atom is 0.231 e. The lowest BCUT2D eigenvalue weighted by atomic mass is 10.1. The molecule has 0 spiro atoms. The van der Waals surface area contributed by atoms with Crippen molar-refractivity contribution in [1.82, 2.24) is 4.98 Å². The van der Waals surface area contributed by atoms with Gasteiger partial charge >= 0.3 is 0 Å². The van der Waals surface area contributed by atoms with E-state index in [1.54, 1.807) is 12.1 Å². The largest absolute Gasteiger partial charge is 0.454 e. The van der Waals surface area contributed by atoms with Gasteiger partial charge in [-0.2, -0.15) is 0 Å². The quantitative estimate of drug-likeness (QED) is 0.761. The van der Waals surface area contributed by atoms with E-state index in [9.17, 15) is 9.18 Å². The van der Waals surface area contributed by atoms with Crippen LogP contribution in [-0.2, 0) is 0 Å². The lowest BCUT2D eigenvalue weighted by Gasteiger charge is -2.02. The molecule has 2 aromatic rings. The molecular weight excluding hydrogens is 237 g/mol. The second kappa shape index (κ2) is 4.10. The van der Waals surface area contributed by atoms with Crippen molar-refractivity contribution in [2.45, 2.75) is 0 Å². The van der Waals surface area contributed by atoms with Crippen molar-refractivity contribution in [3.05, 3.63) is 53.6 Å². The summed E-state index contributed by atoms with van der Waals surface area (Å²) in [6, 6.07) is 7.35. The Kier molecular flexibility index (Phi) is 2.44. The van der Waals surface area contributed by atoms with Crippen LogP contribution in [0.4, 0.5) is 4.39 Å². The summed E-state index contributed by atoms with van der Waals surface area (Å²) < 4.78 is 23.8. The second-order valence-corrected chi connectivity index (χ2v) is 3.73. The average Bonchev–Trinajstić information content (AvgIpc) is 2.85. The van der Waals surface area contributed by atoms with E-state index in [1.807, 2.05) is 0 Å². The van der Waals surface area contributed by atoms with Crippen LogP contribution in [0.3, 0.4) is 0 Å².